The monoisotopic (exact) mass is 373 g/mol. The summed E-state index contributed by atoms with van der Waals surface area (Å²) in [4.78, 5) is 14.0. The number of para-hydroxylation sites is 1. The van der Waals surface area contributed by atoms with E-state index in [1.807, 2.05) is 0 Å². The smallest absolute Gasteiger partial charge is 0.253 e. The lowest BCUT2D eigenvalue weighted by atomic mass is 10.2. The highest BCUT2D eigenvalue weighted by Crippen LogP contribution is 2.18. The number of likely N-dealkylation sites (N-methyl/N-ethyl adjacent to an activating group) is 1. The zero-order valence-electron chi connectivity index (χ0n) is 15.4. The van der Waals surface area contributed by atoms with Crippen LogP contribution in [0.4, 0.5) is 4.39 Å². The van der Waals surface area contributed by atoms with E-state index in [0.717, 1.165) is 19.4 Å². The van der Waals surface area contributed by atoms with Crippen molar-refractivity contribution in [2.45, 2.75) is 18.9 Å². The first-order chi connectivity index (χ1) is 13.1. The van der Waals surface area contributed by atoms with Crippen molar-refractivity contribution >= 4 is 5.91 Å². The first kappa shape index (κ1) is 19.2. The Kier molecular flexibility index (Phi) is 6.65. The average Bonchev–Trinajstić information content (AvgIpc) is 3.21. The molecule has 0 aromatic heterocycles. The Balaban J connectivity index is 1.45. The Morgan fingerprint density at radius 2 is 1.96 bits per heavy atom. The van der Waals surface area contributed by atoms with Crippen LogP contribution in [-0.4, -0.2) is 50.3 Å². The normalized spacial score (nSPS) is 16.1. The van der Waals surface area contributed by atoms with Gasteiger partial charge < -0.3 is 19.1 Å². The van der Waals surface area contributed by atoms with E-state index in [0.29, 0.717) is 24.5 Å². The summed E-state index contributed by atoms with van der Waals surface area (Å²) < 4.78 is 30.1. The summed E-state index contributed by atoms with van der Waals surface area (Å²) in [6.07, 6.45) is 2.26. The van der Waals surface area contributed by atoms with Crippen LogP contribution in [0.1, 0.15) is 23.2 Å². The average molecular weight is 373 g/mol. The molecule has 0 spiro atoms. The van der Waals surface area contributed by atoms with E-state index in [4.69, 9.17) is 14.2 Å². The zero-order valence-corrected chi connectivity index (χ0v) is 15.4. The fourth-order valence-electron chi connectivity index (χ4n) is 2.83. The fraction of sp³-hybridized carbons (Fsp3) is 0.381. The topological polar surface area (TPSA) is 48.0 Å². The third-order valence-corrected chi connectivity index (χ3v) is 4.43. The van der Waals surface area contributed by atoms with Crippen LogP contribution in [0.5, 0.6) is 11.5 Å². The molecule has 2 aromatic rings. The second-order valence-electron chi connectivity index (χ2n) is 6.48. The Labute approximate surface area is 158 Å². The van der Waals surface area contributed by atoms with Crippen molar-refractivity contribution in [3.8, 4) is 11.5 Å². The number of amides is 1. The van der Waals surface area contributed by atoms with Crippen LogP contribution in [0.15, 0.2) is 48.5 Å². The quantitative estimate of drug-likeness (QED) is 0.710. The SMILES string of the molecule is CN(CCOc1ccccc1F)C(=O)c1ccc(OCC2CCCO2)cc1. The molecule has 1 heterocycles. The van der Waals surface area contributed by atoms with Crippen molar-refractivity contribution in [3.05, 3.63) is 59.9 Å². The van der Waals surface area contributed by atoms with Crippen molar-refractivity contribution in [1.82, 2.24) is 4.90 Å². The summed E-state index contributed by atoms with van der Waals surface area (Å²) in [5.74, 6) is 0.363. The molecule has 6 heteroatoms. The lowest BCUT2D eigenvalue weighted by molar-refractivity contribution is 0.0679. The van der Waals surface area contributed by atoms with Crippen molar-refractivity contribution in [2.75, 3.05) is 33.4 Å². The molecule has 0 saturated carbocycles. The molecule has 0 bridgehead atoms. The van der Waals surface area contributed by atoms with Gasteiger partial charge in [-0.2, -0.15) is 0 Å². The lowest BCUT2D eigenvalue weighted by Crippen LogP contribution is -2.30. The molecule has 1 aliphatic rings. The minimum Gasteiger partial charge on any atom is -0.491 e. The van der Waals surface area contributed by atoms with Crippen molar-refractivity contribution in [2.24, 2.45) is 0 Å². The molecule has 0 radical (unpaired) electrons. The molecule has 1 fully saturated rings. The highest BCUT2D eigenvalue weighted by molar-refractivity contribution is 5.94. The molecule has 0 aliphatic carbocycles. The number of hydrogen-bond donors (Lipinski definition) is 0. The van der Waals surface area contributed by atoms with E-state index in [1.54, 1.807) is 54.4 Å². The van der Waals surface area contributed by atoms with Gasteiger partial charge in [-0.15, -0.1) is 0 Å². The van der Waals surface area contributed by atoms with Gasteiger partial charge in [0.15, 0.2) is 11.6 Å². The number of rotatable bonds is 8. The Hall–Kier alpha value is -2.60. The highest BCUT2D eigenvalue weighted by atomic mass is 19.1. The maximum atomic E-state index is 13.5. The Bertz CT molecular complexity index is 744. The van der Waals surface area contributed by atoms with Gasteiger partial charge in [0.1, 0.15) is 19.0 Å². The van der Waals surface area contributed by atoms with Gasteiger partial charge in [0, 0.05) is 19.2 Å². The van der Waals surface area contributed by atoms with Gasteiger partial charge in [-0.25, -0.2) is 4.39 Å². The molecule has 1 unspecified atom stereocenters. The zero-order chi connectivity index (χ0) is 19.1. The van der Waals surface area contributed by atoms with Crippen LogP contribution >= 0.6 is 0 Å². The van der Waals surface area contributed by atoms with Crippen LogP contribution in [0.2, 0.25) is 0 Å². The maximum absolute atomic E-state index is 13.5. The number of halogens is 1. The van der Waals surface area contributed by atoms with E-state index in [2.05, 4.69) is 0 Å². The van der Waals surface area contributed by atoms with Crippen molar-refractivity contribution in [3.63, 3.8) is 0 Å². The predicted octanol–water partition coefficient (Wildman–Crippen LogP) is 3.53. The standard InChI is InChI=1S/C21H24FNO4/c1-23(12-14-26-20-7-3-2-6-19(20)22)21(24)16-8-10-17(11-9-16)27-15-18-5-4-13-25-18/h2-3,6-11,18H,4-5,12-15H2,1H3. The Morgan fingerprint density at radius 1 is 1.19 bits per heavy atom. The van der Waals surface area contributed by atoms with Crippen molar-refractivity contribution < 1.29 is 23.4 Å². The van der Waals surface area contributed by atoms with Gasteiger partial charge in [-0.1, -0.05) is 12.1 Å². The molecule has 144 valence electrons. The van der Waals surface area contributed by atoms with E-state index < -0.39 is 5.82 Å². The van der Waals surface area contributed by atoms with Crippen LogP contribution in [0, 0.1) is 5.82 Å². The number of benzene rings is 2. The third kappa shape index (κ3) is 5.44. The third-order valence-electron chi connectivity index (χ3n) is 4.43. The number of hydrogen-bond acceptors (Lipinski definition) is 4. The summed E-state index contributed by atoms with van der Waals surface area (Å²) in [7, 11) is 1.69. The molecule has 3 rings (SSSR count). The highest BCUT2D eigenvalue weighted by Gasteiger charge is 2.16. The minimum absolute atomic E-state index is 0.127. The van der Waals surface area contributed by atoms with E-state index in [-0.39, 0.29) is 24.4 Å². The summed E-state index contributed by atoms with van der Waals surface area (Å²) in [6.45, 7) is 1.89. The van der Waals surface area contributed by atoms with Gasteiger partial charge in [-0.3, -0.25) is 4.79 Å². The van der Waals surface area contributed by atoms with Gasteiger partial charge in [0.25, 0.3) is 5.91 Å². The molecule has 1 atom stereocenters. The molecule has 2 aromatic carbocycles. The van der Waals surface area contributed by atoms with Crippen LogP contribution < -0.4 is 9.47 Å². The molecule has 1 amide bonds. The summed E-state index contributed by atoms with van der Waals surface area (Å²) in [5, 5.41) is 0. The van der Waals surface area contributed by atoms with Crippen LogP contribution in [0.25, 0.3) is 0 Å². The number of ether oxygens (including phenoxy) is 3. The van der Waals surface area contributed by atoms with Crippen LogP contribution in [-0.2, 0) is 4.74 Å². The van der Waals surface area contributed by atoms with Crippen molar-refractivity contribution in [1.29, 1.82) is 0 Å². The van der Waals surface area contributed by atoms with Gasteiger partial charge in [0.2, 0.25) is 0 Å². The molecular weight excluding hydrogens is 349 g/mol. The largest absolute Gasteiger partial charge is 0.491 e. The molecule has 0 N–H and O–H groups in total. The molecular formula is C21H24FNO4. The first-order valence-corrected chi connectivity index (χ1v) is 9.11. The fourth-order valence-corrected chi connectivity index (χ4v) is 2.83. The number of carbonyl (C=O) groups is 1. The summed E-state index contributed by atoms with van der Waals surface area (Å²) >= 11 is 0. The second-order valence-corrected chi connectivity index (χ2v) is 6.48. The number of carbonyl (C=O) groups excluding carboxylic acids is 1. The predicted molar refractivity (Wildman–Crippen MR) is 99.8 cm³/mol. The van der Waals surface area contributed by atoms with Gasteiger partial charge >= 0.3 is 0 Å². The first-order valence-electron chi connectivity index (χ1n) is 9.11. The van der Waals surface area contributed by atoms with E-state index in [9.17, 15) is 9.18 Å². The van der Waals surface area contributed by atoms with E-state index in [1.165, 1.54) is 6.07 Å². The van der Waals surface area contributed by atoms with Gasteiger partial charge in [0.05, 0.1) is 12.6 Å². The van der Waals surface area contributed by atoms with Crippen LogP contribution in [0.3, 0.4) is 0 Å². The summed E-state index contributed by atoms with van der Waals surface area (Å²) in [5.41, 5.74) is 0.563. The second kappa shape index (κ2) is 9.37. The molecule has 1 aliphatic heterocycles. The molecule has 5 nitrogen and oxygen atoms in total. The van der Waals surface area contributed by atoms with E-state index >= 15 is 0 Å². The minimum atomic E-state index is -0.412. The summed E-state index contributed by atoms with van der Waals surface area (Å²) in [6, 6.07) is 13.3. The Morgan fingerprint density at radius 3 is 2.67 bits per heavy atom. The molecule has 27 heavy (non-hydrogen) atoms. The number of nitrogens with zero attached hydrogens (tertiary/aromatic N) is 1. The molecule has 1 saturated heterocycles. The van der Waals surface area contributed by atoms with Gasteiger partial charge in [-0.05, 0) is 49.2 Å². The maximum Gasteiger partial charge on any atom is 0.253 e. The lowest BCUT2D eigenvalue weighted by Gasteiger charge is -2.18.